The summed E-state index contributed by atoms with van der Waals surface area (Å²) in [7, 11) is 0. The number of nitrogens with one attached hydrogen (secondary N) is 1. The van der Waals surface area contributed by atoms with Gasteiger partial charge in [0, 0.05) is 18.6 Å². The fourth-order valence-electron chi connectivity index (χ4n) is 4.06. The number of amides is 2. The third-order valence-electron chi connectivity index (χ3n) is 5.46. The molecule has 3 heteroatoms. The largest absolute Gasteiger partial charge is 0.335 e. The van der Waals surface area contributed by atoms with Crippen molar-refractivity contribution in [3.05, 3.63) is 0 Å². The van der Waals surface area contributed by atoms with Gasteiger partial charge in [0.25, 0.3) is 0 Å². The highest BCUT2D eigenvalue weighted by Gasteiger charge is 2.26. The molecule has 2 amide bonds. The van der Waals surface area contributed by atoms with Gasteiger partial charge in [-0.05, 0) is 32.1 Å². The molecule has 0 aromatic rings. The molecule has 0 radical (unpaired) electrons. The maximum atomic E-state index is 12.8. The van der Waals surface area contributed by atoms with Crippen LogP contribution >= 0.6 is 0 Å². The summed E-state index contributed by atoms with van der Waals surface area (Å²) >= 11 is 0. The highest BCUT2D eigenvalue weighted by molar-refractivity contribution is 5.75. The minimum Gasteiger partial charge on any atom is -0.335 e. The van der Waals surface area contributed by atoms with Crippen molar-refractivity contribution in [3.8, 4) is 0 Å². The lowest BCUT2D eigenvalue weighted by molar-refractivity contribution is 0.148. The van der Waals surface area contributed by atoms with Crippen molar-refractivity contribution in [2.24, 2.45) is 0 Å². The summed E-state index contributed by atoms with van der Waals surface area (Å²) in [4.78, 5) is 15.0. The second kappa shape index (κ2) is 10.1. The van der Waals surface area contributed by atoms with Gasteiger partial charge in [-0.1, -0.05) is 64.7 Å². The monoisotopic (exact) mass is 308 g/mol. The average Bonchev–Trinajstić information content (AvgIpc) is 2.56. The van der Waals surface area contributed by atoms with Gasteiger partial charge in [-0.15, -0.1) is 0 Å². The van der Waals surface area contributed by atoms with Gasteiger partial charge in [-0.3, -0.25) is 0 Å². The quantitative estimate of drug-likeness (QED) is 0.641. The highest BCUT2D eigenvalue weighted by atomic mass is 16.2. The van der Waals surface area contributed by atoms with Crippen LogP contribution in [0.25, 0.3) is 0 Å². The number of urea groups is 1. The van der Waals surface area contributed by atoms with Crippen LogP contribution in [0, 0.1) is 0 Å². The van der Waals surface area contributed by atoms with E-state index in [0.29, 0.717) is 12.1 Å². The molecule has 1 N–H and O–H groups in total. The fourth-order valence-corrected chi connectivity index (χ4v) is 4.06. The van der Waals surface area contributed by atoms with Crippen molar-refractivity contribution in [3.63, 3.8) is 0 Å². The summed E-state index contributed by atoms with van der Waals surface area (Å²) in [6.07, 6.45) is 17.6. The van der Waals surface area contributed by atoms with Crippen molar-refractivity contribution in [1.29, 1.82) is 0 Å². The number of carbonyl (C=O) groups is 1. The fraction of sp³-hybridized carbons (Fsp3) is 0.947. The van der Waals surface area contributed by atoms with E-state index in [4.69, 9.17) is 0 Å². The van der Waals surface area contributed by atoms with Gasteiger partial charge in [0.2, 0.25) is 0 Å². The molecule has 22 heavy (non-hydrogen) atoms. The van der Waals surface area contributed by atoms with Crippen molar-refractivity contribution in [2.75, 3.05) is 6.54 Å². The Kier molecular flexibility index (Phi) is 8.11. The lowest BCUT2D eigenvalue weighted by Crippen LogP contribution is -2.50. The molecule has 2 aliphatic carbocycles. The van der Waals surface area contributed by atoms with E-state index in [2.05, 4.69) is 17.1 Å². The first-order chi connectivity index (χ1) is 10.8. The van der Waals surface area contributed by atoms with Gasteiger partial charge in [0.1, 0.15) is 0 Å². The van der Waals surface area contributed by atoms with Gasteiger partial charge in [-0.25, -0.2) is 4.79 Å². The van der Waals surface area contributed by atoms with Crippen LogP contribution in [0.5, 0.6) is 0 Å². The van der Waals surface area contributed by atoms with E-state index < -0.39 is 0 Å². The van der Waals surface area contributed by atoms with E-state index in [-0.39, 0.29) is 6.03 Å². The van der Waals surface area contributed by atoms with Gasteiger partial charge in [0.05, 0.1) is 0 Å². The minimum absolute atomic E-state index is 0.232. The van der Waals surface area contributed by atoms with Crippen molar-refractivity contribution in [1.82, 2.24) is 10.2 Å². The van der Waals surface area contributed by atoms with Crippen molar-refractivity contribution >= 4 is 6.03 Å². The maximum absolute atomic E-state index is 12.8. The molecule has 0 bridgehead atoms. The molecule has 0 unspecified atom stereocenters. The molecule has 0 atom stereocenters. The Labute approximate surface area is 137 Å². The summed E-state index contributed by atoms with van der Waals surface area (Å²) in [6.45, 7) is 3.21. The van der Waals surface area contributed by atoms with Crippen LogP contribution in [0.15, 0.2) is 0 Å². The lowest BCUT2D eigenvalue weighted by Gasteiger charge is -2.36. The topological polar surface area (TPSA) is 32.3 Å². The first-order valence-electron chi connectivity index (χ1n) is 9.88. The molecule has 0 aromatic heterocycles. The standard InChI is InChI=1S/C19H36N2O/c1-2-3-4-11-16-21(18-14-9-6-10-15-18)19(22)20-17-12-7-5-8-13-17/h17-18H,2-16H2,1H3,(H,20,22). The van der Waals surface area contributed by atoms with Crippen molar-refractivity contribution < 1.29 is 4.79 Å². The molecule has 2 saturated carbocycles. The van der Waals surface area contributed by atoms with E-state index in [9.17, 15) is 4.79 Å². The Morgan fingerprint density at radius 3 is 2.18 bits per heavy atom. The van der Waals surface area contributed by atoms with E-state index in [0.717, 1.165) is 6.54 Å². The van der Waals surface area contributed by atoms with Crippen LogP contribution in [0.1, 0.15) is 96.8 Å². The van der Waals surface area contributed by atoms with Crippen LogP contribution in [-0.2, 0) is 0 Å². The molecule has 2 rings (SSSR count). The normalized spacial score (nSPS) is 20.8. The SMILES string of the molecule is CCCCCCN(C(=O)NC1CCCCC1)C1CCCCC1. The molecule has 3 nitrogen and oxygen atoms in total. The summed E-state index contributed by atoms with van der Waals surface area (Å²) in [5.41, 5.74) is 0. The summed E-state index contributed by atoms with van der Waals surface area (Å²) in [5.74, 6) is 0. The third kappa shape index (κ3) is 5.81. The molecular formula is C19H36N2O. The zero-order chi connectivity index (χ0) is 15.6. The number of hydrogen-bond donors (Lipinski definition) is 1. The Balaban J connectivity index is 1.84. The molecule has 0 saturated heterocycles. The average molecular weight is 309 g/mol. The van der Waals surface area contributed by atoms with Crippen molar-refractivity contribution in [2.45, 2.75) is 109 Å². The van der Waals surface area contributed by atoms with Gasteiger partial charge < -0.3 is 10.2 Å². The van der Waals surface area contributed by atoms with E-state index in [1.165, 1.54) is 89.9 Å². The third-order valence-corrected chi connectivity index (χ3v) is 5.46. The molecule has 0 aromatic carbocycles. The molecule has 0 heterocycles. The Hall–Kier alpha value is -0.730. The lowest BCUT2D eigenvalue weighted by atomic mass is 9.93. The summed E-state index contributed by atoms with van der Waals surface area (Å²) in [6, 6.07) is 1.16. The Morgan fingerprint density at radius 2 is 1.55 bits per heavy atom. The van der Waals surface area contributed by atoms with E-state index in [1.807, 2.05) is 0 Å². The van der Waals surface area contributed by atoms with Crippen LogP contribution in [0.4, 0.5) is 4.79 Å². The van der Waals surface area contributed by atoms with Crippen LogP contribution in [-0.4, -0.2) is 29.6 Å². The minimum atomic E-state index is 0.232. The number of hydrogen-bond acceptors (Lipinski definition) is 1. The number of rotatable bonds is 7. The predicted octanol–water partition coefficient (Wildman–Crippen LogP) is 5.24. The number of carbonyl (C=O) groups excluding carboxylic acids is 1. The number of nitrogens with zero attached hydrogens (tertiary/aromatic N) is 1. The molecule has 2 aliphatic rings. The molecule has 128 valence electrons. The molecule has 2 fully saturated rings. The zero-order valence-electron chi connectivity index (χ0n) is 14.6. The summed E-state index contributed by atoms with van der Waals surface area (Å²) < 4.78 is 0. The zero-order valence-corrected chi connectivity index (χ0v) is 14.6. The van der Waals surface area contributed by atoms with Gasteiger partial charge in [-0.2, -0.15) is 0 Å². The second-order valence-corrected chi connectivity index (χ2v) is 7.33. The second-order valence-electron chi connectivity index (χ2n) is 7.33. The smallest absolute Gasteiger partial charge is 0.317 e. The van der Waals surface area contributed by atoms with E-state index in [1.54, 1.807) is 0 Å². The predicted molar refractivity (Wildman–Crippen MR) is 93.1 cm³/mol. The Morgan fingerprint density at radius 1 is 0.909 bits per heavy atom. The maximum Gasteiger partial charge on any atom is 0.317 e. The van der Waals surface area contributed by atoms with Gasteiger partial charge in [0.15, 0.2) is 0 Å². The van der Waals surface area contributed by atoms with Gasteiger partial charge >= 0.3 is 6.03 Å². The van der Waals surface area contributed by atoms with Crippen LogP contribution in [0.2, 0.25) is 0 Å². The van der Waals surface area contributed by atoms with Crippen LogP contribution < -0.4 is 5.32 Å². The number of unbranched alkanes of at least 4 members (excludes halogenated alkanes) is 3. The first-order valence-corrected chi connectivity index (χ1v) is 9.88. The summed E-state index contributed by atoms with van der Waals surface area (Å²) in [5, 5.41) is 3.34. The molecular weight excluding hydrogens is 272 g/mol. The Bertz CT molecular complexity index is 307. The first kappa shape index (κ1) is 17.6. The van der Waals surface area contributed by atoms with Crippen LogP contribution in [0.3, 0.4) is 0 Å². The molecule has 0 aliphatic heterocycles. The van der Waals surface area contributed by atoms with E-state index >= 15 is 0 Å². The highest BCUT2D eigenvalue weighted by Crippen LogP contribution is 2.24. The molecule has 0 spiro atoms.